The minimum Gasteiger partial charge on any atom is -0.392 e. The average molecular weight is 282 g/mol. The summed E-state index contributed by atoms with van der Waals surface area (Å²) in [5, 5.41) is 14.7. The molecule has 0 saturated heterocycles. The van der Waals surface area contributed by atoms with Crippen LogP contribution in [-0.2, 0) is 0 Å². The molecule has 96 valence electrons. The summed E-state index contributed by atoms with van der Waals surface area (Å²) in [6.45, 7) is 3.71. The Morgan fingerprint density at radius 2 is 2.39 bits per heavy atom. The SMILES string of the molecule is Cc1nc(-c2cccs2)sc1C(=O)NC[C@H](C)O. The van der Waals surface area contributed by atoms with Gasteiger partial charge in [0.05, 0.1) is 16.7 Å². The van der Waals surface area contributed by atoms with Crippen LogP contribution >= 0.6 is 22.7 Å². The van der Waals surface area contributed by atoms with Crippen molar-refractivity contribution in [3.63, 3.8) is 0 Å². The maximum absolute atomic E-state index is 11.9. The molecule has 1 amide bonds. The lowest BCUT2D eigenvalue weighted by Gasteiger charge is -2.05. The van der Waals surface area contributed by atoms with Crippen LogP contribution in [0.15, 0.2) is 17.5 Å². The molecule has 0 fully saturated rings. The highest BCUT2D eigenvalue weighted by Gasteiger charge is 2.16. The molecule has 2 N–H and O–H groups in total. The molecule has 0 aromatic carbocycles. The van der Waals surface area contributed by atoms with Crippen molar-refractivity contribution in [2.24, 2.45) is 0 Å². The predicted molar refractivity (Wildman–Crippen MR) is 74.2 cm³/mol. The Bertz CT molecular complexity index is 532. The quantitative estimate of drug-likeness (QED) is 0.904. The average Bonchev–Trinajstić information content (AvgIpc) is 2.94. The van der Waals surface area contributed by atoms with Gasteiger partial charge in [-0.1, -0.05) is 6.07 Å². The van der Waals surface area contributed by atoms with Gasteiger partial charge in [-0.3, -0.25) is 4.79 Å². The topological polar surface area (TPSA) is 62.2 Å². The number of hydrogen-bond acceptors (Lipinski definition) is 5. The van der Waals surface area contributed by atoms with Gasteiger partial charge in [0.25, 0.3) is 5.91 Å². The molecule has 0 radical (unpaired) electrons. The van der Waals surface area contributed by atoms with E-state index in [2.05, 4.69) is 10.3 Å². The molecule has 2 aromatic heterocycles. The van der Waals surface area contributed by atoms with Gasteiger partial charge in [0.15, 0.2) is 0 Å². The minimum atomic E-state index is -0.543. The molecule has 0 aliphatic heterocycles. The first-order chi connectivity index (χ1) is 8.58. The lowest BCUT2D eigenvalue weighted by molar-refractivity contribution is 0.0927. The van der Waals surface area contributed by atoms with Gasteiger partial charge in [0, 0.05) is 6.54 Å². The Morgan fingerprint density at radius 1 is 1.61 bits per heavy atom. The zero-order chi connectivity index (χ0) is 13.1. The van der Waals surface area contributed by atoms with Crippen molar-refractivity contribution < 1.29 is 9.90 Å². The number of thiazole rings is 1. The predicted octanol–water partition coefficient (Wildman–Crippen LogP) is 2.29. The zero-order valence-corrected chi connectivity index (χ0v) is 11.8. The third-order valence-electron chi connectivity index (χ3n) is 2.29. The Labute approximate surface area is 113 Å². The van der Waals surface area contributed by atoms with E-state index in [1.165, 1.54) is 11.3 Å². The molecular weight excluding hydrogens is 268 g/mol. The first-order valence-electron chi connectivity index (χ1n) is 5.55. The van der Waals surface area contributed by atoms with Crippen molar-refractivity contribution in [2.75, 3.05) is 6.54 Å². The molecule has 2 aromatic rings. The smallest absolute Gasteiger partial charge is 0.263 e. The third kappa shape index (κ3) is 2.95. The van der Waals surface area contributed by atoms with Crippen LogP contribution in [0, 0.1) is 6.92 Å². The number of aryl methyl sites for hydroxylation is 1. The summed E-state index contributed by atoms with van der Waals surface area (Å²) in [6, 6.07) is 3.95. The lowest BCUT2D eigenvalue weighted by Crippen LogP contribution is -2.30. The highest BCUT2D eigenvalue weighted by Crippen LogP contribution is 2.30. The number of hydrogen-bond donors (Lipinski definition) is 2. The molecule has 6 heteroatoms. The minimum absolute atomic E-state index is 0.172. The molecular formula is C12H14N2O2S2. The van der Waals surface area contributed by atoms with Crippen LogP contribution in [-0.4, -0.2) is 28.6 Å². The standard InChI is InChI=1S/C12H14N2O2S2/c1-7(15)6-13-11(16)10-8(2)14-12(18-10)9-4-3-5-17-9/h3-5,7,15H,6H2,1-2H3,(H,13,16)/t7-/m0/s1. The van der Waals surface area contributed by atoms with E-state index in [0.29, 0.717) is 4.88 Å². The van der Waals surface area contributed by atoms with Crippen molar-refractivity contribution in [1.82, 2.24) is 10.3 Å². The second kappa shape index (κ2) is 5.60. The van der Waals surface area contributed by atoms with Crippen LogP contribution in [0.25, 0.3) is 9.88 Å². The number of aliphatic hydroxyl groups excluding tert-OH is 1. The molecule has 0 aliphatic carbocycles. The van der Waals surface area contributed by atoms with Crippen molar-refractivity contribution >= 4 is 28.6 Å². The lowest BCUT2D eigenvalue weighted by atomic mass is 10.3. The first kappa shape index (κ1) is 13.2. The summed E-state index contributed by atoms with van der Waals surface area (Å²) in [7, 11) is 0. The van der Waals surface area contributed by atoms with Gasteiger partial charge in [-0.15, -0.1) is 22.7 Å². The normalized spacial score (nSPS) is 12.4. The fourth-order valence-corrected chi connectivity index (χ4v) is 3.21. The third-order valence-corrected chi connectivity index (χ3v) is 4.49. The summed E-state index contributed by atoms with van der Waals surface area (Å²) in [5.74, 6) is -0.172. The number of aliphatic hydroxyl groups is 1. The van der Waals surface area contributed by atoms with E-state index in [9.17, 15) is 4.79 Å². The van der Waals surface area contributed by atoms with Crippen LogP contribution in [0.4, 0.5) is 0 Å². The van der Waals surface area contributed by atoms with Crippen LogP contribution in [0.5, 0.6) is 0 Å². The van der Waals surface area contributed by atoms with Crippen molar-refractivity contribution in [2.45, 2.75) is 20.0 Å². The van der Waals surface area contributed by atoms with Gasteiger partial charge >= 0.3 is 0 Å². The highest BCUT2D eigenvalue weighted by molar-refractivity contribution is 7.22. The Balaban J connectivity index is 2.17. The number of nitrogens with one attached hydrogen (secondary N) is 1. The summed E-state index contributed by atoms with van der Waals surface area (Å²) in [6.07, 6.45) is -0.543. The van der Waals surface area contributed by atoms with Crippen molar-refractivity contribution in [3.05, 3.63) is 28.1 Å². The summed E-state index contributed by atoms with van der Waals surface area (Å²) in [4.78, 5) is 18.0. The molecule has 0 bridgehead atoms. The summed E-state index contributed by atoms with van der Waals surface area (Å²) >= 11 is 2.99. The van der Waals surface area contributed by atoms with Gasteiger partial charge in [-0.25, -0.2) is 4.98 Å². The molecule has 0 saturated carbocycles. The summed E-state index contributed by atoms with van der Waals surface area (Å²) < 4.78 is 0. The van der Waals surface area contributed by atoms with E-state index < -0.39 is 6.10 Å². The van der Waals surface area contributed by atoms with E-state index in [-0.39, 0.29) is 12.5 Å². The van der Waals surface area contributed by atoms with Crippen molar-refractivity contribution in [1.29, 1.82) is 0 Å². The Kier molecular flexibility index (Phi) is 4.11. The van der Waals surface area contributed by atoms with E-state index in [1.807, 2.05) is 24.4 Å². The molecule has 0 aliphatic rings. The number of thiophene rings is 1. The number of rotatable bonds is 4. The van der Waals surface area contributed by atoms with E-state index in [1.54, 1.807) is 18.3 Å². The zero-order valence-electron chi connectivity index (χ0n) is 10.1. The number of nitrogens with zero attached hydrogens (tertiary/aromatic N) is 1. The van der Waals surface area contributed by atoms with E-state index in [4.69, 9.17) is 5.11 Å². The first-order valence-corrected chi connectivity index (χ1v) is 7.25. The fourth-order valence-electron chi connectivity index (χ4n) is 1.43. The van der Waals surface area contributed by atoms with Gasteiger partial charge in [-0.2, -0.15) is 0 Å². The number of aromatic nitrogens is 1. The van der Waals surface area contributed by atoms with E-state index in [0.717, 1.165) is 15.6 Å². The molecule has 2 heterocycles. The molecule has 2 rings (SSSR count). The van der Waals surface area contributed by atoms with Gasteiger partial charge < -0.3 is 10.4 Å². The maximum atomic E-state index is 11.9. The van der Waals surface area contributed by atoms with Crippen molar-refractivity contribution in [3.8, 4) is 9.88 Å². The fraction of sp³-hybridized carbons (Fsp3) is 0.333. The highest BCUT2D eigenvalue weighted by atomic mass is 32.1. The van der Waals surface area contributed by atoms with Gasteiger partial charge in [0.1, 0.15) is 9.88 Å². The monoisotopic (exact) mass is 282 g/mol. The molecule has 0 unspecified atom stereocenters. The Hall–Kier alpha value is -1.24. The number of amides is 1. The van der Waals surface area contributed by atoms with Gasteiger partial charge in [0.2, 0.25) is 0 Å². The molecule has 18 heavy (non-hydrogen) atoms. The molecule has 0 spiro atoms. The van der Waals surface area contributed by atoms with Crippen LogP contribution < -0.4 is 5.32 Å². The van der Waals surface area contributed by atoms with Crippen LogP contribution in [0.1, 0.15) is 22.3 Å². The Morgan fingerprint density at radius 3 is 3.00 bits per heavy atom. The van der Waals surface area contributed by atoms with Crippen LogP contribution in [0.3, 0.4) is 0 Å². The second-order valence-corrected chi connectivity index (χ2v) is 5.92. The second-order valence-electron chi connectivity index (χ2n) is 3.97. The molecule has 1 atom stereocenters. The summed E-state index contributed by atoms with van der Waals surface area (Å²) in [5.41, 5.74) is 0.728. The van der Waals surface area contributed by atoms with Crippen LogP contribution in [0.2, 0.25) is 0 Å². The number of carbonyl (C=O) groups is 1. The van der Waals surface area contributed by atoms with Gasteiger partial charge in [-0.05, 0) is 25.3 Å². The number of carbonyl (C=O) groups excluding carboxylic acids is 1. The van der Waals surface area contributed by atoms with E-state index >= 15 is 0 Å². The largest absolute Gasteiger partial charge is 0.392 e. The molecule has 4 nitrogen and oxygen atoms in total. The maximum Gasteiger partial charge on any atom is 0.263 e.